The lowest BCUT2D eigenvalue weighted by Gasteiger charge is -2.12. The van der Waals surface area contributed by atoms with E-state index in [-0.39, 0.29) is 12.0 Å². The first-order chi connectivity index (χ1) is 9.18. The molecular weight excluding hydrogens is 242 g/mol. The van der Waals surface area contributed by atoms with Gasteiger partial charge in [-0.1, -0.05) is 16.3 Å². The van der Waals surface area contributed by atoms with E-state index in [4.69, 9.17) is 4.52 Å². The number of aromatic nitrogens is 2. The molecule has 0 aliphatic heterocycles. The molecule has 1 aliphatic carbocycles. The summed E-state index contributed by atoms with van der Waals surface area (Å²) in [6.07, 6.45) is 8.52. The lowest BCUT2D eigenvalue weighted by Crippen LogP contribution is -2.43. The third kappa shape index (κ3) is 3.80. The van der Waals surface area contributed by atoms with Crippen LogP contribution in [0.4, 0.5) is 0 Å². The van der Waals surface area contributed by atoms with Gasteiger partial charge in [0.25, 0.3) is 0 Å². The Kier molecular flexibility index (Phi) is 4.96. The highest BCUT2D eigenvalue weighted by Crippen LogP contribution is 2.19. The van der Waals surface area contributed by atoms with Crippen LogP contribution < -0.4 is 15.1 Å². The van der Waals surface area contributed by atoms with Crippen LogP contribution in [0.25, 0.3) is 0 Å². The van der Waals surface area contributed by atoms with Gasteiger partial charge in [-0.2, -0.15) is 0 Å². The molecule has 0 saturated heterocycles. The second-order valence-corrected chi connectivity index (χ2v) is 5.38. The van der Waals surface area contributed by atoms with Gasteiger partial charge in [0.1, 0.15) is 0 Å². The van der Waals surface area contributed by atoms with Gasteiger partial charge in [-0.3, -0.25) is 0 Å². The van der Waals surface area contributed by atoms with E-state index in [2.05, 4.69) is 16.7 Å². The highest BCUT2D eigenvalue weighted by Gasteiger charge is 2.19. The van der Waals surface area contributed by atoms with E-state index in [1.807, 2.05) is 13.8 Å². The van der Waals surface area contributed by atoms with Gasteiger partial charge in [-0.25, -0.2) is 0 Å². The molecule has 0 aromatic carbocycles. The first-order valence-corrected chi connectivity index (χ1v) is 7.14. The Morgan fingerprint density at radius 3 is 3.00 bits per heavy atom. The summed E-state index contributed by atoms with van der Waals surface area (Å²) in [6, 6.07) is 0.143. The fourth-order valence-corrected chi connectivity index (χ4v) is 2.42. The van der Waals surface area contributed by atoms with Gasteiger partial charge in [0.2, 0.25) is 5.69 Å². The van der Waals surface area contributed by atoms with Crippen molar-refractivity contribution < 1.29 is 14.3 Å². The lowest BCUT2D eigenvalue weighted by molar-refractivity contribution is -0.785. The van der Waals surface area contributed by atoms with Crippen molar-refractivity contribution in [2.24, 2.45) is 0 Å². The van der Waals surface area contributed by atoms with Crippen LogP contribution >= 0.6 is 0 Å². The molecule has 0 saturated carbocycles. The fourth-order valence-electron chi connectivity index (χ4n) is 2.42. The fraction of sp³-hybridized carbons (Fsp3) is 0.714. The van der Waals surface area contributed by atoms with Crippen LogP contribution in [0.3, 0.4) is 0 Å². The second-order valence-electron chi connectivity index (χ2n) is 5.38. The Bertz CT molecular complexity index is 438. The number of hydrogen-bond donors (Lipinski definition) is 1. The first kappa shape index (κ1) is 14.1. The van der Waals surface area contributed by atoms with Crippen molar-refractivity contribution in [1.82, 2.24) is 10.6 Å². The molecule has 0 unspecified atom stereocenters. The molecule has 1 aromatic rings. The normalized spacial score (nSPS) is 15.8. The minimum absolute atomic E-state index is 0.143. The standard InChI is InChI=1S/C14H23N3O2/c1-11(2)17-13(14(18)19-16-17)10-15-9-8-12-6-4-3-5-7-12/h6,11,15H,3-5,7-10H2,1-2H3. The molecule has 106 valence electrons. The average molecular weight is 265 g/mol. The minimum Gasteiger partial charge on any atom is -0.539 e. The van der Waals surface area contributed by atoms with Crippen molar-refractivity contribution in [3.8, 4) is 5.95 Å². The molecule has 1 aromatic heterocycles. The smallest absolute Gasteiger partial charge is 0.247 e. The topological polar surface area (TPSA) is 65.0 Å². The summed E-state index contributed by atoms with van der Waals surface area (Å²) < 4.78 is 6.36. The minimum atomic E-state index is -0.335. The molecule has 1 aliphatic rings. The molecule has 0 fully saturated rings. The molecule has 2 rings (SSSR count). The van der Waals surface area contributed by atoms with E-state index in [0.29, 0.717) is 12.2 Å². The van der Waals surface area contributed by atoms with Crippen LogP contribution in [0.15, 0.2) is 16.2 Å². The van der Waals surface area contributed by atoms with Crippen LogP contribution in [-0.4, -0.2) is 11.8 Å². The maximum Gasteiger partial charge on any atom is 0.247 e. The largest absolute Gasteiger partial charge is 0.539 e. The number of allylic oxidation sites excluding steroid dienone is 1. The van der Waals surface area contributed by atoms with Crippen LogP contribution in [0.1, 0.15) is 57.7 Å². The van der Waals surface area contributed by atoms with Crippen molar-refractivity contribution in [3.63, 3.8) is 0 Å². The number of rotatable bonds is 6. The summed E-state index contributed by atoms with van der Waals surface area (Å²) >= 11 is 0. The highest BCUT2D eigenvalue weighted by molar-refractivity contribution is 5.06. The van der Waals surface area contributed by atoms with Gasteiger partial charge in [-0.05, 0) is 52.5 Å². The van der Waals surface area contributed by atoms with Crippen LogP contribution in [0, 0.1) is 0 Å². The summed E-state index contributed by atoms with van der Waals surface area (Å²) in [5.74, 6) is -0.335. The molecule has 0 spiro atoms. The quantitative estimate of drug-likeness (QED) is 0.482. The first-order valence-electron chi connectivity index (χ1n) is 7.14. The summed E-state index contributed by atoms with van der Waals surface area (Å²) in [6.45, 7) is 5.39. The van der Waals surface area contributed by atoms with Crippen molar-refractivity contribution in [2.45, 2.75) is 58.5 Å². The zero-order chi connectivity index (χ0) is 13.7. The molecule has 0 bridgehead atoms. The maximum atomic E-state index is 11.5. The molecule has 0 atom stereocenters. The number of nitrogens with zero attached hydrogens (tertiary/aromatic N) is 2. The lowest BCUT2D eigenvalue weighted by atomic mass is 9.97. The monoisotopic (exact) mass is 265 g/mol. The number of nitrogens with one attached hydrogen (secondary N) is 1. The second kappa shape index (κ2) is 6.70. The van der Waals surface area contributed by atoms with Gasteiger partial charge >= 0.3 is 0 Å². The zero-order valence-corrected chi connectivity index (χ0v) is 11.8. The molecule has 1 heterocycles. The van der Waals surface area contributed by atoms with E-state index >= 15 is 0 Å². The van der Waals surface area contributed by atoms with Crippen molar-refractivity contribution >= 4 is 0 Å². The zero-order valence-electron chi connectivity index (χ0n) is 11.8. The average Bonchev–Trinajstić information content (AvgIpc) is 2.77. The Hall–Kier alpha value is -1.36. The van der Waals surface area contributed by atoms with Crippen LogP contribution in [0.2, 0.25) is 0 Å². The van der Waals surface area contributed by atoms with Gasteiger partial charge < -0.3 is 14.9 Å². The summed E-state index contributed by atoms with van der Waals surface area (Å²) in [5, 5.41) is 18.6. The predicted molar refractivity (Wildman–Crippen MR) is 69.4 cm³/mol. The number of hydrogen-bond acceptors (Lipinski definition) is 4. The van der Waals surface area contributed by atoms with E-state index in [9.17, 15) is 5.11 Å². The maximum absolute atomic E-state index is 11.5. The molecular formula is C14H23N3O2. The van der Waals surface area contributed by atoms with Gasteiger partial charge in [-0.15, -0.1) is 0 Å². The van der Waals surface area contributed by atoms with Crippen LogP contribution in [0.5, 0.6) is 5.95 Å². The Morgan fingerprint density at radius 2 is 2.32 bits per heavy atom. The van der Waals surface area contributed by atoms with Crippen molar-refractivity contribution in [1.29, 1.82) is 0 Å². The Balaban J connectivity index is 1.79. The Labute approximate surface area is 114 Å². The summed E-state index contributed by atoms with van der Waals surface area (Å²) in [7, 11) is 0. The SMILES string of the molecule is CC(C)[n+]1noc([O-])c1CNCCC1=CCCCC1. The Morgan fingerprint density at radius 1 is 1.47 bits per heavy atom. The van der Waals surface area contributed by atoms with E-state index < -0.39 is 0 Å². The molecule has 1 N–H and O–H groups in total. The van der Waals surface area contributed by atoms with Crippen LogP contribution in [-0.2, 0) is 6.54 Å². The summed E-state index contributed by atoms with van der Waals surface area (Å²) in [5.41, 5.74) is 2.15. The third-order valence-corrected chi connectivity index (χ3v) is 3.51. The molecule has 19 heavy (non-hydrogen) atoms. The van der Waals surface area contributed by atoms with Crippen molar-refractivity contribution in [2.75, 3.05) is 6.54 Å². The van der Waals surface area contributed by atoms with E-state index in [1.165, 1.54) is 25.7 Å². The molecule has 5 nitrogen and oxygen atoms in total. The highest BCUT2D eigenvalue weighted by atomic mass is 16.6. The van der Waals surface area contributed by atoms with E-state index in [0.717, 1.165) is 13.0 Å². The molecule has 5 heteroatoms. The van der Waals surface area contributed by atoms with Crippen molar-refractivity contribution in [3.05, 3.63) is 17.3 Å². The van der Waals surface area contributed by atoms with Gasteiger partial charge in [0, 0.05) is 0 Å². The van der Waals surface area contributed by atoms with Gasteiger partial charge in [0.05, 0.1) is 11.8 Å². The predicted octanol–water partition coefficient (Wildman–Crippen LogP) is 1.60. The van der Waals surface area contributed by atoms with E-state index in [1.54, 1.807) is 10.3 Å². The third-order valence-electron chi connectivity index (χ3n) is 3.51. The summed E-state index contributed by atoms with van der Waals surface area (Å²) in [4.78, 5) is 0. The molecule has 0 amide bonds. The molecule has 0 radical (unpaired) electrons. The van der Waals surface area contributed by atoms with Gasteiger partial charge in [0.15, 0.2) is 12.0 Å².